The second-order valence-corrected chi connectivity index (χ2v) is 6.16. The van der Waals surface area contributed by atoms with E-state index in [1.165, 1.54) is 5.56 Å². The van der Waals surface area contributed by atoms with Crippen molar-refractivity contribution in [3.05, 3.63) is 29.8 Å². The first-order valence-corrected chi connectivity index (χ1v) is 7.31. The van der Waals surface area contributed by atoms with Crippen molar-refractivity contribution < 1.29 is 9.31 Å². The zero-order valence-corrected chi connectivity index (χ0v) is 11.5. The largest absolute Gasteiger partial charge is 0.493 e. The smallest absolute Gasteiger partial charge is 0.407 e. The lowest BCUT2D eigenvalue weighted by Gasteiger charge is -2.33. The van der Waals surface area contributed by atoms with Crippen LogP contribution in [0.4, 0.5) is 0 Å². The van der Waals surface area contributed by atoms with E-state index >= 15 is 0 Å². The van der Waals surface area contributed by atoms with Crippen LogP contribution in [0.2, 0.25) is 0 Å². The molecule has 0 bridgehead atoms. The fourth-order valence-corrected chi connectivity index (χ4v) is 2.39. The minimum Gasteiger partial charge on any atom is -0.407 e. The molecule has 1 aliphatic rings. The highest BCUT2D eigenvalue weighted by Crippen LogP contribution is 2.21. The van der Waals surface area contributed by atoms with E-state index in [-0.39, 0.29) is 12.5 Å². The average molecular weight is 250 g/mol. The number of hydrogen-bond donors (Lipinski definition) is 0. The van der Waals surface area contributed by atoms with Crippen molar-refractivity contribution in [1.82, 2.24) is 0 Å². The summed E-state index contributed by atoms with van der Waals surface area (Å²) >= 11 is 1.83. The van der Waals surface area contributed by atoms with E-state index in [0.717, 1.165) is 24.4 Å². The van der Waals surface area contributed by atoms with E-state index in [4.69, 9.17) is 9.31 Å². The van der Waals surface area contributed by atoms with Crippen molar-refractivity contribution in [1.29, 1.82) is 0 Å². The summed E-state index contributed by atoms with van der Waals surface area (Å²) in [6.07, 6.45) is 2.11. The molecule has 0 atom stereocenters. The molecule has 0 aromatic heterocycles. The quantitative estimate of drug-likeness (QED) is 0.767. The Morgan fingerprint density at radius 3 is 2.65 bits per heavy atom. The van der Waals surface area contributed by atoms with E-state index in [9.17, 15) is 0 Å². The molecule has 1 aromatic rings. The van der Waals surface area contributed by atoms with Gasteiger partial charge in [0.05, 0.1) is 0 Å². The van der Waals surface area contributed by atoms with Gasteiger partial charge in [-0.25, -0.2) is 0 Å². The lowest BCUT2D eigenvalue weighted by atomic mass is 9.75. The Hall–Kier alpha value is -0.445. The lowest BCUT2D eigenvalue weighted by molar-refractivity contribution is 0.0343. The summed E-state index contributed by atoms with van der Waals surface area (Å²) < 4.78 is 11.6. The van der Waals surface area contributed by atoms with Crippen LogP contribution in [0.5, 0.6) is 0 Å². The van der Waals surface area contributed by atoms with E-state index in [1.54, 1.807) is 0 Å². The summed E-state index contributed by atoms with van der Waals surface area (Å²) in [6.45, 7) is 5.83. The van der Waals surface area contributed by atoms with Crippen molar-refractivity contribution in [3.63, 3.8) is 0 Å². The predicted molar refractivity (Wildman–Crippen MR) is 74.7 cm³/mol. The molecule has 0 unspecified atom stereocenters. The molecule has 2 rings (SSSR count). The van der Waals surface area contributed by atoms with Gasteiger partial charge in [0.25, 0.3) is 0 Å². The van der Waals surface area contributed by atoms with Gasteiger partial charge in [-0.15, -0.1) is 0 Å². The first-order chi connectivity index (χ1) is 8.11. The number of rotatable bonds is 3. The van der Waals surface area contributed by atoms with Gasteiger partial charge in [0.1, 0.15) is 0 Å². The van der Waals surface area contributed by atoms with Crippen LogP contribution in [-0.4, -0.2) is 26.6 Å². The van der Waals surface area contributed by atoms with Gasteiger partial charge >= 0.3 is 7.12 Å². The van der Waals surface area contributed by atoms with Crippen molar-refractivity contribution in [2.24, 2.45) is 5.41 Å². The fraction of sp³-hybridized carbons (Fsp3) is 0.538. The fourth-order valence-electron chi connectivity index (χ4n) is 1.88. The molecule has 0 radical (unpaired) electrons. The molecule has 0 aliphatic carbocycles. The lowest BCUT2D eigenvalue weighted by Crippen LogP contribution is -2.47. The predicted octanol–water partition coefficient (Wildman–Crippen LogP) is 2.32. The Balaban J connectivity index is 2.05. The van der Waals surface area contributed by atoms with Crippen LogP contribution in [0, 0.1) is 5.41 Å². The zero-order chi connectivity index (χ0) is 12.3. The normalized spacial score (nSPS) is 19.4. The number of benzene rings is 1. The minimum atomic E-state index is -0.190. The highest BCUT2D eigenvalue weighted by molar-refractivity contribution is 7.97. The van der Waals surface area contributed by atoms with E-state index in [0.29, 0.717) is 0 Å². The summed E-state index contributed by atoms with van der Waals surface area (Å²) in [5.74, 6) is 1.03. The van der Waals surface area contributed by atoms with Gasteiger partial charge in [0.2, 0.25) is 0 Å². The van der Waals surface area contributed by atoms with Crippen LogP contribution in [0.25, 0.3) is 0 Å². The molecule has 0 amide bonds. The molecule has 1 heterocycles. The third kappa shape index (κ3) is 3.51. The SMILES string of the molecule is CSCc1cccc(B2OCC(C)(C)CO2)c1. The third-order valence-corrected chi connectivity index (χ3v) is 3.41. The number of thioether (sulfide) groups is 1. The molecule has 0 N–H and O–H groups in total. The first-order valence-electron chi connectivity index (χ1n) is 5.92. The van der Waals surface area contributed by atoms with Crippen LogP contribution < -0.4 is 5.46 Å². The molecule has 2 nitrogen and oxygen atoms in total. The standard InChI is InChI=1S/C13H19BO2S/c1-13(2)9-15-14(16-10-13)12-6-4-5-11(7-12)8-17-3/h4-7H,8-10H2,1-3H3. The van der Waals surface area contributed by atoms with Crippen LogP contribution in [0.15, 0.2) is 24.3 Å². The van der Waals surface area contributed by atoms with Gasteiger partial charge in [0, 0.05) is 24.4 Å². The van der Waals surface area contributed by atoms with Crippen LogP contribution in [0.3, 0.4) is 0 Å². The van der Waals surface area contributed by atoms with Gasteiger partial charge in [-0.05, 0) is 17.3 Å². The van der Waals surface area contributed by atoms with Crippen LogP contribution in [-0.2, 0) is 15.1 Å². The van der Waals surface area contributed by atoms with Gasteiger partial charge in [-0.1, -0.05) is 38.1 Å². The Kier molecular flexibility index (Phi) is 4.18. The average Bonchev–Trinajstić information content (AvgIpc) is 2.30. The zero-order valence-electron chi connectivity index (χ0n) is 10.7. The Morgan fingerprint density at radius 1 is 1.29 bits per heavy atom. The molecule has 0 spiro atoms. The second-order valence-electron chi connectivity index (χ2n) is 5.30. The maximum Gasteiger partial charge on any atom is 0.493 e. The highest BCUT2D eigenvalue weighted by Gasteiger charge is 2.33. The molecular formula is C13H19BO2S. The van der Waals surface area contributed by atoms with Gasteiger partial charge in [-0.2, -0.15) is 11.8 Å². The molecule has 1 aromatic carbocycles. The van der Waals surface area contributed by atoms with Gasteiger partial charge < -0.3 is 9.31 Å². The van der Waals surface area contributed by atoms with Crippen LogP contribution >= 0.6 is 11.8 Å². The molecule has 0 saturated carbocycles. The van der Waals surface area contributed by atoms with Gasteiger partial charge in [-0.3, -0.25) is 0 Å². The first kappa shape index (κ1) is 13.0. The van der Waals surface area contributed by atoms with Crippen molar-refractivity contribution in [3.8, 4) is 0 Å². The number of hydrogen-bond acceptors (Lipinski definition) is 3. The molecule has 1 aliphatic heterocycles. The molecule has 4 heteroatoms. The van der Waals surface area contributed by atoms with E-state index in [1.807, 2.05) is 11.8 Å². The maximum atomic E-state index is 5.78. The second kappa shape index (κ2) is 5.47. The summed E-state index contributed by atoms with van der Waals surface area (Å²) in [6, 6.07) is 8.48. The van der Waals surface area contributed by atoms with Crippen LogP contribution in [0.1, 0.15) is 19.4 Å². The minimum absolute atomic E-state index is 0.132. The highest BCUT2D eigenvalue weighted by atomic mass is 32.2. The Morgan fingerprint density at radius 2 is 2.00 bits per heavy atom. The monoisotopic (exact) mass is 250 g/mol. The van der Waals surface area contributed by atoms with Crippen molar-refractivity contribution in [2.75, 3.05) is 19.5 Å². The maximum absolute atomic E-state index is 5.78. The molecule has 1 fully saturated rings. The van der Waals surface area contributed by atoms with Crippen molar-refractivity contribution >= 4 is 24.3 Å². The van der Waals surface area contributed by atoms with Crippen molar-refractivity contribution in [2.45, 2.75) is 19.6 Å². The topological polar surface area (TPSA) is 18.5 Å². The molecular weight excluding hydrogens is 231 g/mol. The summed E-state index contributed by atoms with van der Waals surface area (Å²) in [4.78, 5) is 0. The summed E-state index contributed by atoms with van der Waals surface area (Å²) in [7, 11) is -0.190. The summed E-state index contributed by atoms with van der Waals surface area (Å²) in [5, 5.41) is 0. The van der Waals surface area contributed by atoms with E-state index < -0.39 is 0 Å². The van der Waals surface area contributed by atoms with E-state index in [2.05, 4.69) is 44.4 Å². The Bertz CT molecular complexity index is 371. The molecule has 92 valence electrons. The molecule has 17 heavy (non-hydrogen) atoms. The third-order valence-electron chi connectivity index (χ3n) is 2.79. The van der Waals surface area contributed by atoms with Gasteiger partial charge in [0.15, 0.2) is 0 Å². The Labute approximate surface area is 108 Å². The summed E-state index contributed by atoms with van der Waals surface area (Å²) in [5.41, 5.74) is 2.59. The molecule has 1 saturated heterocycles.